The Morgan fingerprint density at radius 2 is 1.93 bits per heavy atom. The molecule has 0 aromatic heterocycles. The molecule has 3 rings (SSSR count). The van der Waals surface area contributed by atoms with Crippen LogP contribution < -0.4 is 9.46 Å². The fourth-order valence-corrected chi connectivity index (χ4v) is 4.80. The first-order valence-corrected chi connectivity index (χ1v) is 10.7. The summed E-state index contributed by atoms with van der Waals surface area (Å²) in [5.41, 5.74) is -1.06. The molecule has 5 nitrogen and oxygen atoms in total. The molecule has 29 heavy (non-hydrogen) atoms. The number of alkyl halides is 3. The molecule has 11 heteroatoms. The summed E-state index contributed by atoms with van der Waals surface area (Å²) in [6.45, 7) is 1.18. The molecule has 0 spiro atoms. The number of likely N-dealkylation sites (tertiary alicyclic amines) is 1. The van der Waals surface area contributed by atoms with Gasteiger partial charge in [0.1, 0.15) is 16.7 Å². The van der Waals surface area contributed by atoms with Crippen LogP contribution in [0.3, 0.4) is 0 Å². The van der Waals surface area contributed by atoms with E-state index in [1.165, 1.54) is 18.2 Å². The van der Waals surface area contributed by atoms with E-state index >= 15 is 0 Å². The molecule has 1 fully saturated rings. The van der Waals surface area contributed by atoms with Gasteiger partial charge in [-0.1, -0.05) is 29.3 Å². The van der Waals surface area contributed by atoms with Crippen LogP contribution >= 0.6 is 23.2 Å². The minimum atomic E-state index is -4.65. The number of anilines is 1. The first-order chi connectivity index (χ1) is 13.5. The van der Waals surface area contributed by atoms with Gasteiger partial charge in [0.25, 0.3) is 10.0 Å². The normalized spacial score (nSPS) is 18.1. The molecular formula is C18H17Cl2F3N2O3S. The number of hydrogen-bond acceptors (Lipinski definition) is 4. The lowest BCUT2D eigenvalue weighted by Crippen LogP contribution is -2.23. The van der Waals surface area contributed by atoms with Gasteiger partial charge < -0.3 is 9.64 Å². The van der Waals surface area contributed by atoms with Gasteiger partial charge in [-0.15, -0.1) is 0 Å². The summed E-state index contributed by atoms with van der Waals surface area (Å²) in [6.07, 6.45) is -4.50. The molecule has 0 saturated carbocycles. The van der Waals surface area contributed by atoms with Crippen molar-refractivity contribution < 1.29 is 26.3 Å². The average molecular weight is 469 g/mol. The molecule has 158 valence electrons. The van der Waals surface area contributed by atoms with E-state index < -0.39 is 33.6 Å². The van der Waals surface area contributed by atoms with Crippen molar-refractivity contribution in [2.75, 3.05) is 24.9 Å². The van der Waals surface area contributed by atoms with Crippen LogP contribution in [0, 0.1) is 0 Å². The lowest BCUT2D eigenvalue weighted by atomic mass is 10.1. The summed E-state index contributed by atoms with van der Waals surface area (Å²) in [5.74, 6) is -0.435. The fourth-order valence-electron chi connectivity index (χ4n) is 2.99. The fraction of sp³-hybridized carbons (Fsp3) is 0.333. The minimum Gasteiger partial charge on any atom is -0.488 e. The highest BCUT2D eigenvalue weighted by atomic mass is 35.5. The maximum absolute atomic E-state index is 13.4. The molecule has 0 radical (unpaired) electrons. The van der Waals surface area contributed by atoms with E-state index in [0.717, 1.165) is 18.2 Å². The molecule has 1 aliphatic rings. The maximum Gasteiger partial charge on any atom is 0.419 e. The van der Waals surface area contributed by atoms with E-state index in [1.807, 2.05) is 11.9 Å². The molecule has 0 aliphatic carbocycles. The van der Waals surface area contributed by atoms with Crippen molar-refractivity contribution in [1.82, 2.24) is 4.90 Å². The second kappa shape index (κ2) is 8.22. The zero-order chi connectivity index (χ0) is 21.4. The SMILES string of the molecule is CN1CC[C@@H](Oc2cc(NS(=O)(=O)c3cccc(Cl)c3Cl)ccc2C(F)(F)F)C1. The lowest BCUT2D eigenvalue weighted by Gasteiger charge is -2.19. The number of likely N-dealkylation sites (N-methyl/N-ethyl adjacent to an activating group) is 1. The molecular weight excluding hydrogens is 452 g/mol. The minimum absolute atomic E-state index is 0.0383. The maximum atomic E-state index is 13.4. The van der Waals surface area contributed by atoms with Gasteiger partial charge in [0, 0.05) is 19.2 Å². The van der Waals surface area contributed by atoms with Crippen LogP contribution in [0.1, 0.15) is 12.0 Å². The topological polar surface area (TPSA) is 58.6 Å². The molecule has 1 heterocycles. The van der Waals surface area contributed by atoms with E-state index in [-0.39, 0.29) is 20.6 Å². The first-order valence-electron chi connectivity index (χ1n) is 8.50. The summed E-state index contributed by atoms with van der Waals surface area (Å²) in [6, 6.07) is 6.90. The molecule has 1 atom stereocenters. The Morgan fingerprint density at radius 3 is 2.55 bits per heavy atom. The van der Waals surface area contributed by atoms with Gasteiger partial charge in [0.2, 0.25) is 0 Å². The smallest absolute Gasteiger partial charge is 0.419 e. The highest BCUT2D eigenvalue weighted by molar-refractivity contribution is 7.92. The standard InChI is InChI=1S/C18H17Cl2F3N2O3S/c1-25-8-7-12(10-25)28-15-9-11(5-6-13(15)18(21,22)23)24-29(26,27)16-4-2-3-14(19)17(16)20/h2-6,9,12,24H,7-8,10H2,1H3/t12-/m1/s1. The van der Waals surface area contributed by atoms with Crippen LogP contribution in [0.4, 0.5) is 18.9 Å². The van der Waals surface area contributed by atoms with Gasteiger partial charge in [-0.25, -0.2) is 8.42 Å². The predicted octanol–water partition coefficient (Wildman–Crippen LogP) is 4.90. The summed E-state index contributed by atoms with van der Waals surface area (Å²) in [7, 11) is -2.34. The van der Waals surface area contributed by atoms with Gasteiger partial charge >= 0.3 is 6.18 Å². The van der Waals surface area contributed by atoms with Gasteiger partial charge in [0.05, 0.1) is 21.3 Å². The zero-order valence-electron chi connectivity index (χ0n) is 15.1. The van der Waals surface area contributed by atoms with Crippen LogP contribution in [0.25, 0.3) is 0 Å². The van der Waals surface area contributed by atoms with E-state index in [0.29, 0.717) is 19.5 Å². The Morgan fingerprint density at radius 1 is 1.21 bits per heavy atom. The Balaban J connectivity index is 1.93. The Hall–Kier alpha value is -1.68. The highest BCUT2D eigenvalue weighted by Gasteiger charge is 2.36. The summed E-state index contributed by atoms with van der Waals surface area (Å²) in [5, 5.41) is -0.143. The van der Waals surface area contributed by atoms with Crippen LogP contribution in [-0.2, 0) is 16.2 Å². The number of nitrogens with zero attached hydrogens (tertiary/aromatic N) is 1. The van der Waals surface area contributed by atoms with Crippen molar-refractivity contribution in [2.24, 2.45) is 0 Å². The lowest BCUT2D eigenvalue weighted by molar-refractivity contribution is -0.139. The van der Waals surface area contributed by atoms with Gasteiger partial charge in [-0.3, -0.25) is 4.72 Å². The number of hydrogen-bond donors (Lipinski definition) is 1. The zero-order valence-corrected chi connectivity index (χ0v) is 17.5. The summed E-state index contributed by atoms with van der Waals surface area (Å²) >= 11 is 11.8. The largest absolute Gasteiger partial charge is 0.488 e. The Kier molecular flexibility index (Phi) is 6.24. The number of sulfonamides is 1. The van der Waals surface area contributed by atoms with E-state index in [2.05, 4.69) is 4.72 Å². The Bertz CT molecular complexity index is 1020. The molecule has 0 bridgehead atoms. The number of nitrogens with one attached hydrogen (secondary N) is 1. The predicted molar refractivity (Wildman–Crippen MR) is 105 cm³/mol. The van der Waals surface area contributed by atoms with Crippen LogP contribution in [0.15, 0.2) is 41.3 Å². The van der Waals surface area contributed by atoms with Crippen molar-refractivity contribution in [3.8, 4) is 5.75 Å². The van der Waals surface area contributed by atoms with Crippen LogP contribution in [0.5, 0.6) is 5.75 Å². The van der Waals surface area contributed by atoms with Crippen LogP contribution in [0.2, 0.25) is 10.0 Å². The molecule has 1 aliphatic heterocycles. The monoisotopic (exact) mass is 468 g/mol. The number of rotatable bonds is 5. The van der Waals surface area contributed by atoms with Gasteiger partial charge in [0.15, 0.2) is 0 Å². The molecule has 0 unspecified atom stereocenters. The van der Waals surface area contributed by atoms with Gasteiger partial charge in [-0.05, 0) is 37.7 Å². The van der Waals surface area contributed by atoms with Crippen molar-refractivity contribution >= 4 is 38.9 Å². The van der Waals surface area contributed by atoms with E-state index in [4.69, 9.17) is 27.9 Å². The first kappa shape index (κ1) is 22.0. The Labute approximate surface area is 176 Å². The van der Waals surface area contributed by atoms with E-state index in [9.17, 15) is 21.6 Å². The molecule has 2 aromatic carbocycles. The van der Waals surface area contributed by atoms with Crippen LogP contribution in [-0.4, -0.2) is 39.6 Å². The second-order valence-electron chi connectivity index (χ2n) is 6.66. The average Bonchev–Trinajstić information content (AvgIpc) is 3.00. The van der Waals surface area contributed by atoms with Gasteiger partial charge in [-0.2, -0.15) is 13.2 Å². The molecule has 0 amide bonds. The van der Waals surface area contributed by atoms with Crippen molar-refractivity contribution in [3.05, 3.63) is 52.0 Å². The molecule has 2 aromatic rings. The second-order valence-corrected chi connectivity index (χ2v) is 9.09. The number of benzene rings is 2. The third kappa shape index (κ3) is 5.09. The van der Waals surface area contributed by atoms with Crippen molar-refractivity contribution in [2.45, 2.75) is 23.6 Å². The number of ether oxygens (including phenoxy) is 1. The van der Waals surface area contributed by atoms with Crippen molar-refractivity contribution in [3.63, 3.8) is 0 Å². The summed E-state index contributed by atoms with van der Waals surface area (Å²) in [4.78, 5) is 1.65. The quantitative estimate of drug-likeness (QED) is 0.677. The highest BCUT2D eigenvalue weighted by Crippen LogP contribution is 2.39. The molecule has 1 N–H and O–H groups in total. The van der Waals surface area contributed by atoms with E-state index in [1.54, 1.807) is 0 Å². The molecule has 1 saturated heterocycles. The van der Waals surface area contributed by atoms with Crippen molar-refractivity contribution in [1.29, 1.82) is 0 Å². The number of halogens is 5. The third-order valence-corrected chi connectivity index (χ3v) is 6.74. The summed E-state index contributed by atoms with van der Waals surface area (Å²) < 4.78 is 73.2. The third-order valence-electron chi connectivity index (χ3n) is 4.39.